The molecule has 2 aromatic rings. The zero-order valence-corrected chi connectivity index (χ0v) is 12.6. The first-order chi connectivity index (χ1) is 9.78. The monoisotopic (exact) mass is 309 g/mol. The Balaban J connectivity index is 1.67. The highest BCUT2D eigenvalue weighted by Gasteiger charge is 2.19. The molecule has 0 unspecified atom stereocenters. The third-order valence-corrected chi connectivity index (χ3v) is 4.73. The Morgan fingerprint density at radius 2 is 1.95 bits per heavy atom. The van der Waals surface area contributed by atoms with Gasteiger partial charge in [0.2, 0.25) is 0 Å². The summed E-state index contributed by atoms with van der Waals surface area (Å²) < 4.78 is 0. The minimum absolute atomic E-state index is 0.0169. The maximum absolute atomic E-state index is 9.15. The van der Waals surface area contributed by atoms with Gasteiger partial charge in [0.05, 0.1) is 6.61 Å². The van der Waals surface area contributed by atoms with E-state index in [0.717, 1.165) is 42.6 Å². The predicted molar refractivity (Wildman–Crippen MR) is 83.9 cm³/mol. The number of hydrogen-bond donors (Lipinski definition) is 1. The first-order valence-corrected chi connectivity index (χ1v) is 7.82. The van der Waals surface area contributed by atoms with Gasteiger partial charge in [0.15, 0.2) is 5.13 Å². The number of piperazine rings is 1. The van der Waals surface area contributed by atoms with Crippen molar-refractivity contribution >= 4 is 33.8 Å². The predicted octanol–water partition coefficient (Wildman–Crippen LogP) is 2.62. The summed E-state index contributed by atoms with van der Waals surface area (Å²) in [4.78, 5) is 8.98. The number of halogens is 1. The van der Waals surface area contributed by atoms with Gasteiger partial charge in [-0.15, -0.1) is 11.3 Å². The largest absolute Gasteiger partial charge is 0.392 e. The molecule has 0 atom stereocenters. The van der Waals surface area contributed by atoms with Crippen molar-refractivity contribution in [3.63, 3.8) is 0 Å². The number of aliphatic hydroxyl groups excluding tert-OH is 1. The van der Waals surface area contributed by atoms with Crippen LogP contribution in [0, 0.1) is 0 Å². The Morgan fingerprint density at radius 1 is 1.20 bits per heavy atom. The van der Waals surface area contributed by atoms with Crippen LogP contribution < -0.4 is 9.80 Å². The molecule has 106 valence electrons. The highest BCUT2D eigenvalue weighted by Crippen LogP contribution is 2.26. The average molecular weight is 310 g/mol. The molecule has 4 nitrogen and oxygen atoms in total. The van der Waals surface area contributed by atoms with Crippen molar-refractivity contribution in [1.29, 1.82) is 0 Å². The maximum atomic E-state index is 9.15. The number of aromatic nitrogens is 1. The Labute approximate surface area is 127 Å². The van der Waals surface area contributed by atoms with Gasteiger partial charge in [0.25, 0.3) is 0 Å². The van der Waals surface area contributed by atoms with Crippen molar-refractivity contribution in [1.82, 2.24) is 4.98 Å². The van der Waals surface area contributed by atoms with Crippen LogP contribution in [0.25, 0.3) is 0 Å². The molecule has 0 spiro atoms. The summed E-state index contributed by atoms with van der Waals surface area (Å²) in [7, 11) is 0. The molecule has 6 heteroatoms. The lowest BCUT2D eigenvalue weighted by Crippen LogP contribution is -2.46. The maximum Gasteiger partial charge on any atom is 0.185 e. The van der Waals surface area contributed by atoms with Crippen molar-refractivity contribution in [2.24, 2.45) is 0 Å². The van der Waals surface area contributed by atoms with Gasteiger partial charge in [-0.2, -0.15) is 0 Å². The second-order valence-corrected chi connectivity index (χ2v) is 6.00. The molecule has 0 aliphatic carbocycles. The van der Waals surface area contributed by atoms with E-state index in [0.29, 0.717) is 5.02 Å². The summed E-state index contributed by atoms with van der Waals surface area (Å²) in [5.74, 6) is 0. The van der Waals surface area contributed by atoms with Crippen LogP contribution in [0.15, 0.2) is 29.8 Å². The second-order valence-electron chi connectivity index (χ2n) is 4.72. The quantitative estimate of drug-likeness (QED) is 0.946. The molecule has 1 aromatic carbocycles. The Hall–Kier alpha value is -1.30. The lowest BCUT2D eigenvalue weighted by molar-refractivity contribution is 0.282. The van der Waals surface area contributed by atoms with Crippen molar-refractivity contribution in [2.45, 2.75) is 6.61 Å². The van der Waals surface area contributed by atoms with Crippen LogP contribution in [0.4, 0.5) is 10.8 Å². The molecule has 3 rings (SSSR count). The highest BCUT2D eigenvalue weighted by atomic mass is 35.5. The van der Waals surface area contributed by atoms with Gasteiger partial charge in [0, 0.05) is 48.5 Å². The molecule has 20 heavy (non-hydrogen) atoms. The molecule has 0 saturated carbocycles. The standard InChI is InChI=1S/C14H16ClN3OS/c15-13-9-12(2-1-11(13)10-19)17-4-6-18(7-5-17)14-16-3-8-20-14/h1-3,8-9,19H,4-7,10H2. The van der Waals surface area contributed by atoms with Gasteiger partial charge in [-0.05, 0) is 17.7 Å². The second kappa shape index (κ2) is 5.99. The van der Waals surface area contributed by atoms with E-state index in [4.69, 9.17) is 16.7 Å². The number of anilines is 2. The fraction of sp³-hybridized carbons (Fsp3) is 0.357. The molecule has 0 bridgehead atoms. The summed E-state index contributed by atoms with van der Waals surface area (Å²) in [5.41, 5.74) is 1.89. The van der Waals surface area contributed by atoms with E-state index in [1.807, 2.05) is 29.8 Å². The van der Waals surface area contributed by atoms with E-state index in [9.17, 15) is 0 Å². The van der Waals surface area contributed by atoms with Crippen molar-refractivity contribution in [2.75, 3.05) is 36.0 Å². The van der Waals surface area contributed by atoms with Crippen LogP contribution in [0.5, 0.6) is 0 Å². The van der Waals surface area contributed by atoms with Crippen LogP contribution in [0.3, 0.4) is 0 Å². The highest BCUT2D eigenvalue weighted by molar-refractivity contribution is 7.13. The van der Waals surface area contributed by atoms with Gasteiger partial charge in [-0.1, -0.05) is 17.7 Å². The van der Waals surface area contributed by atoms with E-state index in [1.165, 1.54) is 0 Å². The zero-order chi connectivity index (χ0) is 13.9. The molecule has 1 aliphatic rings. The summed E-state index contributed by atoms with van der Waals surface area (Å²) >= 11 is 7.83. The summed E-state index contributed by atoms with van der Waals surface area (Å²) in [6, 6.07) is 5.85. The van der Waals surface area contributed by atoms with E-state index in [-0.39, 0.29) is 6.61 Å². The van der Waals surface area contributed by atoms with Gasteiger partial charge >= 0.3 is 0 Å². The molecule has 1 aliphatic heterocycles. The van der Waals surface area contributed by atoms with Crippen LogP contribution in [-0.4, -0.2) is 36.3 Å². The Morgan fingerprint density at radius 3 is 2.55 bits per heavy atom. The number of aliphatic hydroxyl groups is 1. The molecule has 1 aromatic heterocycles. The topological polar surface area (TPSA) is 39.6 Å². The van der Waals surface area contributed by atoms with Gasteiger partial charge in [-0.25, -0.2) is 4.98 Å². The van der Waals surface area contributed by atoms with Crippen LogP contribution >= 0.6 is 22.9 Å². The van der Waals surface area contributed by atoms with E-state index >= 15 is 0 Å². The van der Waals surface area contributed by atoms with Crippen LogP contribution in [0.2, 0.25) is 5.02 Å². The fourth-order valence-electron chi connectivity index (χ4n) is 2.39. The zero-order valence-electron chi connectivity index (χ0n) is 11.0. The van der Waals surface area contributed by atoms with Crippen LogP contribution in [-0.2, 0) is 6.61 Å². The summed E-state index contributed by atoms with van der Waals surface area (Å²) in [6.07, 6.45) is 1.85. The van der Waals surface area contributed by atoms with Crippen molar-refractivity contribution in [3.8, 4) is 0 Å². The number of thiazole rings is 1. The third-order valence-electron chi connectivity index (χ3n) is 3.54. The molecular formula is C14H16ClN3OS. The smallest absolute Gasteiger partial charge is 0.185 e. The summed E-state index contributed by atoms with van der Waals surface area (Å²) in [5, 5.41) is 12.9. The summed E-state index contributed by atoms with van der Waals surface area (Å²) in [6.45, 7) is 3.82. The Kier molecular flexibility index (Phi) is 4.10. The van der Waals surface area contributed by atoms with E-state index < -0.39 is 0 Å². The minimum Gasteiger partial charge on any atom is -0.392 e. The first-order valence-electron chi connectivity index (χ1n) is 6.56. The lowest BCUT2D eigenvalue weighted by atomic mass is 10.2. The minimum atomic E-state index is -0.0169. The van der Waals surface area contributed by atoms with Gasteiger partial charge < -0.3 is 14.9 Å². The molecule has 0 amide bonds. The molecule has 1 N–H and O–H groups in total. The molecule has 2 heterocycles. The third kappa shape index (κ3) is 2.75. The van der Waals surface area contributed by atoms with Crippen LogP contribution in [0.1, 0.15) is 5.56 Å². The first kappa shape index (κ1) is 13.7. The SMILES string of the molecule is OCc1ccc(N2CCN(c3nccs3)CC2)cc1Cl. The van der Waals surface area contributed by atoms with E-state index in [1.54, 1.807) is 11.3 Å². The molecule has 0 radical (unpaired) electrons. The number of nitrogens with zero attached hydrogens (tertiary/aromatic N) is 3. The van der Waals surface area contributed by atoms with Gasteiger partial charge in [-0.3, -0.25) is 0 Å². The lowest BCUT2D eigenvalue weighted by Gasteiger charge is -2.36. The fourth-order valence-corrected chi connectivity index (χ4v) is 3.32. The van der Waals surface area contributed by atoms with Crippen molar-refractivity contribution in [3.05, 3.63) is 40.4 Å². The molecule has 1 saturated heterocycles. The number of benzene rings is 1. The van der Waals surface area contributed by atoms with Crippen molar-refractivity contribution < 1.29 is 5.11 Å². The number of hydrogen-bond acceptors (Lipinski definition) is 5. The molecular weight excluding hydrogens is 294 g/mol. The van der Waals surface area contributed by atoms with E-state index in [2.05, 4.69) is 14.8 Å². The van der Waals surface area contributed by atoms with Gasteiger partial charge in [0.1, 0.15) is 0 Å². The average Bonchev–Trinajstić information content (AvgIpc) is 3.01. The number of rotatable bonds is 3. The molecule has 1 fully saturated rings. The normalized spacial score (nSPS) is 15.7. The Bertz CT molecular complexity index is 568.